The largest absolute Gasteiger partial charge is 0.478 e. The van der Waals surface area contributed by atoms with Gasteiger partial charge in [-0.3, -0.25) is 0 Å². The van der Waals surface area contributed by atoms with E-state index >= 15 is 0 Å². The minimum Gasteiger partial charge on any atom is -0.478 e. The van der Waals surface area contributed by atoms with Crippen LogP contribution in [0, 0.1) is 0 Å². The van der Waals surface area contributed by atoms with Crippen LogP contribution in [0.3, 0.4) is 0 Å². The molecule has 0 aliphatic carbocycles. The van der Waals surface area contributed by atoms with Crippen molar-refractivity contribution in [3.05, 3.63) is 42.2 Å². The van der Waals surface area contributed by atoms with Crippen molar-refractivity contribution in [3.8, 4) is 0 Å². The van der Waals surface area contributed by atoms with Gasteiger partial charge in [-0.1, -0.05) is 5.57 Å². The van der Waals surface area contributed by atoms with Crippen LogP contribution < -0.4 is 0 Å². The van der Waals surface area contributed by atoms with Gasteiger partial charge >= 0.3 is 5.97 Å². The molecule has 0 fully saturated rings. The van der Waals surface area contributed by atoms with Crippen molar-refractivity contribution in [2.24, 2.45) is 0 Å². The summed E-state index contributed by atoms with van der Waals surface area (Å²) in [5, 5.41) is 8.88. The Balaban J connectivity index is 2.34. The molecule has 0 unspecified atom stereocenters. The molecule has 0 aliphatic rings. The Hall–Kier alpha value is -2.10. The van der Waals surface area contributed by atoms with Crippen LogP contribution in [0.4, 0.5) is 0 Å². The Kier molecular flexibility index (Phi) is 2.95. The molecule has 4 heteroatoms. The van der Waals surface area contributed by atoms with Gasteiger partial charge in [-0.2, -0.15) is 0 Å². The number of carboxylic acids is 1. The topological polar surface area (TPSA) is 55.1 Å². The summed E-state index contributed by atoms with van der Waals surface area (Å²) >= 11 is 0. The quantitative estimate of drug-likeness (QED) is 0.821. The summed E-state index contributed by atoms with van der Waals surface area (Å²) in [6.45, 7) is 6.67. The molecule has 0 radical (unpaired) electrons. The lowest BCUT2D eigenvalue weighted by Gasteiger charge is -2.03. The highest BCUT2D eigenvalue weighted by Gasteiger charge is 2.07. The van der Waals surface area contributed by atoms with Gasteiger partial charge in [0.1, 0.15) is 0 Å². The molecule has 1 aromatic carbocycles. The maximum absolute atomic E-state index is 10.8. The predicted octanol–water partition coefficient (Wildman–Crippen LogP) is 2.70. The molecule has 0 amide bonds. The molecule has 1 aromatic heterocycles. The summed E-state index contributed by atoms with van der Waals surface area (Å²) in [4.78, 5) is 15.0. The van der Waals surface area contributed by atoms with Gasteiger partial charge in [-0.25, -0.2) is 9.78 Å². The lowest BCUT2D eigenvalue weighted by molar-refractivity contribution is 0.0697. The molecular weight excluding hydrogens is 216 g/mol. The predicted molar refractivity (Wildman–Crippen MR) is 66.1 cm³/mol. The number of allylic oxidation sites excluding steroid dienone is 1. The minimum absolute atomic E-state index is 0.266. The van der Waals surface area contributed by atoms with Gasteiger partial charge in [0.2, 0.25) is 0 Å². The molecular formula is C13H14N2O2. The van der Waals surface area contributed by atoms with Crippen LogP contribution in [0.5, 0.6) is 0 Å². The van der Waals surface area contributed by atoms with Crippen molar-refractivity contribution in [2.45, 2.75) is 19.9 Å². The zero-order valence-corrected chi connectivity index (χ0v) is 9.68. The van der Waals surface area contributed by atoms with Gasteiger partial charge in [-0.05, 0) is 31.5 Å². The molecule has 2 rings (SSSR count). The van der Waals surface area contributed by atoms with Gasteiger partial charge in [0.25, 0.3) is 0 Å². The fourth-order valence-corrected chi connectivity index (χ4v) is 1.69. The van der Waals surface area contributed by atoms with E-state index in [4.69, 9.17) is 5.11 Å². The molecule has 0 aliphatic heterocycles. The first-order chi connectivity index (χ1) is 8.08. The van der Waals surface area contributed by atoms with Crippen LogP contribution in [0.25, 0.3) is 11.0 Å². The lowest BCUT2D eigenvalue weighted by Crippen LogP contribution is -1.98. The number of aromatic nitrogens is 2. The number of fused-ring (bicyclic) bond motifs is 1. The highest BCUT2D eigenvalue weighted by molar-refractivity contribution is 5.92. The van der Waals surface area contributed by atoms with E-state index in [0.29, 0.717) is 5.52 Å². The maximum atomic E-state index is 10.8. The van der Waals surface area contributed by atoms with Crippen molar-refractivity contribution in [1.82, 2.24) is 9.55 Å². The van der Waals surface area contributed by atoms with E-state index in [1.165, 1.54) is 0 Å². The van der Waals surface area contributed by atoms with Crippen molar-refractivity contribution < 1.29 is 9.90 Å². The highest BCUT2D eigenvalue weighted by atomic mass is 16.4. The standard InChI is InChI=1S/C13H14N2O2/c1-9(2)5-6-15-8-14-11-7-10(13(16)17)3-4-12(11)15/h3-4,7-8H,1,5-6H2,2H3,(H,16,17). The van der Waals surface area contributed by atoms with E-state index in [2.05, 4.69) is 11.6 Å². The molecule has 88 valence electrons. The number of carboxylic acid groups (broad SMARTS) is 1. The van der Waals surface area contributed by atoms with E-state index in [0.717, 1.165) is 24.1 Å². The van der Waals surface area contributed by atoms with Gasteiger partial charge < -0.3 is 9.67 Å². The van der Waals surface area contributed by atoms with Gasteiger partial charge in [0.05, 0.1) is 22.9 Å². The van der Waals surface area contributed by atoms with Crippen molar-refractivity contribution >= 4 is 17.0 Å². The van der Waals surface area contributed by atoms with E-state index in [-0.39, 0.29) is 5.56 Å². The van der Waals surface area contributed by atoms with Crippen molar-refractivity contribution in [2.75, 3.05) is 0 Å². The Labute approximate surface area is 99.2 Å². The first kappa shape index (κ1) is 11.4. The number of rotatable bonds is 4. The van der Waals surface area contributed by atoms with Crippen LogP contribution in [0.1, 0.15) is 23.7 Å². The van der Waals surface area contributed by atoms with Crippen LogP contribution in [-0.4, -0.2) is 20.6 Å². The second-order valence-corrected chi connectivity index (χ2v) is 4.15. The van der Waals surface area contributed by atoms with Gasteiger partial charge in [-0.15, -0.1) is 6.58 Å². The van der Waals surface area contributed by atoms with Crippen molar-refractivity contribution in [3.63, 3.8) is 0 Å². The molecule has 0 atom stereocenters. The molecule has 0 spiro atoms. The third kappa shape index (κ3) is 2.36. The van der Waals surface area contributed by atoms with E-state index < -0.39 is 5.97 Å². The molecule has 1 heterocycles. The summed E-state index contributed by atoms with van der Waals surface area (Å²) < 4.78 is 2.01. The third-order valence-electron chi connectivity index (χ3n) is 2.65. The van der Waals surface area contributed by atoms with Crippen LogP contribution in [-0.2, 0) is 6.54 Å². The maximum Gasteiger partial charge on any atom is 0.335 e. The van der Waals surface area contributed by atoms with Gasteiger partial charge in [0, 0.05) is 6.54 Å². The molecule has 1 N–H and O–H groups in total. The second kappa shape index (κ2) is 4.41. The van der Waals surface area contributed by atoms with E-state index in [1.54, 1.807) is 24.5 Å². The molecule has 4 nitrogen and oxygen atoms in total. The monoisotopic (exact) mass is 230 g/mol. The molecule has 0 bridgehead atoms. The molecule has 17 heavy (non-hydrogen) atoms. The molecule has 2 aromatic rings. The number of hydrogen-bond acceptors (Lipinski definition) is 2. The number of hydrogen-bond donors (Lipinski definition) is 1. The smallest absolute Gasteiger partial charge is 0.335 e. The zero-order valence-electron chi connectivity index (χ0n) is 9.68. The average Bonchev–Trinajstić information content (AvgIpc) is 2.68. The minimum atomic E-state index is -0.927. The number of carbonyl (C=O) groups is 1. The number of imidazole rings is 1. The summed E-state index contributed by atoms with van der Waals surface area (Å²) in [5.74, 6) is -0.927. The number of aromatic carboxylic acids is 1. The normalized spacial score (nSPS) is 10.6. The summed E-state index contributed by atoms with van der Waals surface area (Å²) in [6, 6.07) is 4.99. The molecule has 0 saturated heterocycles. The number of nitrogens with zero attached hydrogens (tertiary/aromatic N) is 2. The number of benzene rings is 1. The van der Waals surface area contributed by atoms with Crippen molar-refractivity contribution in [1.29, 1.82) is 0 Å². The highest BCUT2D eigenvalue weighted by Crippen LogP contribution is 2.16. The summed E-state index contributed by atoms with van der Waals surface area (Å²) in [5.41, 5.74) is 3.06. The van der Waals surface area contributed by atoms with Crippen LogP contribution in [0.15, 0.2) is 36.7 Å². The number of aryl methyl sites for hydroxylation is 1. The Morgan fingerprint density at radius 2 is 2.29 bits per heavy atom. The fourth-order valence-electron chi connectivity index (χ4n) is 1.69. The third-order valence-corrected chi connectivity index (χ3v) is 2.65. The summed E-state index contributed by atoms with van der Waals surface area (Å²) in [7, 11) is 0. The first-order valence-electron chi connectivity index (χ1n) is 5.40. The van der Waals surface area contributed by atoms with E-state index in [9.17, 15) is 4.79 Å². The molecule has 0 saturated carbocycles. The Morgan fingerprint density at radius 1 is 1.53 bits per heavy atom. The Morgan fingerprint density at radius 3 is 2.94 bits per heavy atom. The van der Waals surface area contributed by atoms with Gasteiger partial charge in [0.15, 0.2) is 0 Å². The SMILES string of the molecule is C=C(C)CCn1cnc2cc(C(=O)O)ccc21. The average molecular weight is 230 g/mol. The summed E-state index contributed by atoms with van der Waals surface area (Å²) in [6.07, 6.45) is 2.63. The first-order valence-corrected chi connectivity index (χ1v) is 5.40. The second-order valence-electron chi connectivity index (χ2n) is 4.15. The van der Waals surface area contributed by atoms with E-state index in [1.807, 2.05) is 11.5 Å². The lowest BCUT2D eigenvalue weighted by atomic mass is 10.2. The zero-order chi connectivity index (χ0) is 12.4. The fraction of sp³-hybridized carbons (Fsp3) is 0.231. The van der Waals surface area contributed by atoms with Crippen LogP contribution in [0.2, 0.25) is 0 Å². The Bertz CT molecular complexity index is 584. The van der Waals surface area contributed by atoms with Crippen LogP contribution >= 0.6 is 0 Å².